The number of ether oxygens (including phenoxy) is 4. The third kappa shape index (κ3) is 5.35. The number of fused-ring (bicyclic) bond motifs is 1. The molecule has 0 saturated heterocycles. The molecule has 0 atom stereocenters. The van der Waals surface area contributed by atoms with Crippen molar-refractivity contribution in [2.45, 2.75) is 26.7 Å². The van der Waals surface area contributed by atoms with Gasteiger partial charge in [0.2, 0.25) is 11.2 Å². The Kier molecular flexibility index (Phi) is 7.59. The molecule has 0 spiro atoms. The first-order valence-electron chi connectivity index (χ1n) is 11.6. The highest BCUT2D eigenvalue weighted by Crippen LogP contribution is 2.37. The van der Waals surface area contributed by atoms with Gasteiger partial charge in [-0.3, -0.25) is 9.59 Å². The standard InChI is InChI=1S/C29H28O7/c1-18-15-19(2)27-22(16-18)26(31)29(28(36-27)20-12-13-23(32-3)24(17-20)33-4)35-25(30)11-8-14-34-21-9-6-5-7-10-21/h5-7,9-10,12-13,15-17H,8,11,14H2,1-4H3. The van der Waals surface area contributed by atoms with Crippen LogP contribution in [0.3, 0.4) is 0 Å². The molecule has 4 aromatic rings. The third-order valence-corrected chi connectivity index (χ3v) is 5.68. The molecule has 0 bridgehead atoms. The van der Waals surface area contributed by atoms with Gasteiger partial charge in [0.05, 0.1) is 26.2 Å². The molecule has 0 unspecified atom stereocenters. The fourth-order valence-electron chi connectivity index (χ4n) is 3.98. The molecule has 4 rings (SSSR count). The fourth-order valence-corrected chi connectivity index (χ4v) is 3.98. The molecule has 0 radical (unpaired) electrons. The smallest absolute Gasteiger partial charge is 0.311 e. The van der Waals surface area contributed by atoms with Gasteiger partial charge in [0.25, 0.3) is 0 Å². The van der Waals surface area contributed by atoms with Crippen LogP contribution < -0.4 is 24.4 Å². The van der Waals surface area contributed by atoms with Gasteiger partial charge >= 0.3 is 5.97 Å². The Balaban J connectivity index is 1.67. The first-order valence-corrected chi connectivity index (χ1v) is 11.6. The van der Waals surface area contributed by atoms with Crippen molar-refractivity contribution >= 4 is 16.9 Å². The summed E-state index contributed by atoms with van der Waals surface area (Å²) in [6, 6.07) is 18.1. The summed E-state index contributed by atoms with van der Waals surface area (Å²) in [5.41, 5.74) is 2.25. The second kappa shape index (κ2) is 11.0. The van der Waals surface area contributed by atoms with Crippen molar-refractivity contribution < 1.29 is 28.2 Å². The molecule has 7 heteroatoms. The number of rotatable bonds is 9. The minimum absolute atomic E-state index is 0.0720. The Labute approximate surface area is 209 Å². The van der Waals surface area contributed by atoms with Crippen LogP contribution in [0.15, 0.2) is 69.9 Å². The monoisotopic (exact) mass is 488 g/mol. The molecule has 36 heavy (non-hydrogen) atoms. The van der Waals surface area contributed by atoms with Crippen LogP contribution in [0.5, 0.6) is 23.0 Å². The van der Waals surface area contributed by atoms with Gasteiger partial charge in [-0.05, 0) is 67.8 Å². The van der Waals surface area contributed by atoms with E-state index >= 15 is 0 Å². The number of aryl methyl sites for hydroxylation is 2. The van der Waals surface area contributed by atoms with E-state index in [4.69, 9.17) is 23.4 Å². The molecular formula is C29H28O7. The molecular weight excluding hydrogens is 460 g/mol. The minimum atomic E-state index is -0.551. The van der Waals surface area contributed by atoms with Crippen LogP contribution in [0.4, 0.5) is 0 Å². The Bertz CT molecular complexity index is 1440. The van der Waals surface area contributed by atoms with Crippen molar-refractivity contribution in [3.05, 3.63) is 82.0 Å². The average Bonchev–Trinajstić information content (AvgIpc) is 2.88. The lowest BCUT2D eigenvalue weighted by Gasteiger charge is -2.14. The molecule has 7 nitrogen and oxygen atoms in total. The van der Waals surface area contributed by atoms with Crippen molar-refractivity contribution in [1.29, 1.82) is 0 Å². The van der Waals surface area contributed by atoms with Crippen molar-refractivity contribution in [3.63, 3.8) is 0 Å². The first kappa shape index (κ1) is 24.9. The van der Waals surface area contributed by atoms with E-state index < -0.39 is 11.4 Å². The number of hydrogen-bond donors (Lipinski definition) is 0. The number of methoxy groups -OCH3 is 2. The van der Waals surface area contributed by atoms with Gasteiger partial charge in [-0.2, -0.15) is 0 Å². The quantitative estimate of drug-likeness (QED) is 0.216. The highest BCUT2D eigenvalue weighted by atomic mass is 16.5. The van der Waals surface area contributed by atoms with Gasteiger partial charge in [0, 0.05) is 12.0 Å². The SMILES string of the molecule is COc1ccc(-c2oc3c(C)cc(C)cc3c(=O)c2OC(=O)CCCOc2ccccc2)cc1OC. The number of benzene rings is 3. The van der Waals surface area contributed by atoms with Gasteiger partial charge in [0.15, 0.2) is 17.3 Å². The minimum Gasteiger partial charge on any atom is -0.494 e. The summed E-state index contributed by atoms with van der Waals surface area (Å²) in [4.78, 5) is 26.3. The van der Waals surface area contributed by atoms with Crippen LogP contribution >= 0.6 is 0 Å². The lowest BCUT2D eigenvalue weighted by atomic mass is 10.0. The van der Waals surface area contributed by atoms with Crippen LogP contribution in [-0.4, -0.2) is 26.8 Å². The predicted molar refractivity (Wildman–Crippen MR) is 137 cm³/mol. The van der Waals surface area contributed by atoms with E-state index in [9.17, 15) is 9.59 Å². The van der Waals surface area contributed by atoms with Gasteiger partial charge in [-0.1, -0.05) is 24.3 Å². The lowest BCUT2D eigenvalue weighted by Crippen LogP contribution is -2.17. The largest absolute Gasteiger partial charge is 0.494 e. The van der Waals surface area contributed by atoms with Gasteiger partial charge in [-0.15, -0.1) is 0 Å². The van der Waals surface area contributed by atoms with Crippen molar-refractivity contribution in [1.82, 2.24) is 0 Å². The van der Waals surface area contributed by atoms with Gasteiger partial charge in [-0.25, -0.2) is 0 Å². The molecule has 0 aliphatic carbocycles. The summed E-state index contributed by atoms with van der Waals surface area (Å²) in [5.74, 6) is 1.14. The molecule has 0 amide bonds. The summed E-state index contributed by atoms with van der Waals surface area (Å²) in [5, 5.41) is 0.354. The van der Waals surface area contributed by atoms with Crippen molar-refractivity contribution in [2.75, 3.05) is 20.8 Å². The Hall–Kier alpha value is -4.26. The average molecular weight is 489 g/mol. The zero-order chi connectivity index (χ0) is 25.7. The molecule has 1 aromatic heterocycles. The second-order valence-corrected chi connectivity index (χ2v) is 8.36. The predicted octanol–water partition coefficient (Wildman–Crippen LogP) is 5.86. The van der Waals surface area contributed by atoms with E-state index in [1.54, 1.807) is 24.3 Å². The van der Waals surface area contributed by atoms with Crippen LogP contribution in [0.25, 0.3) is 22.3 Å². The van der Waals surface area contributed by atoms with Crippen LogP contribution in [0.1, 0.15) is 24.0 Å². The number of carbonyl (C=O) groups is 1. The van der Waals surface area contributed by atoms with Gasteiger partial charge < -0.3 is 23.4 Å². The summed E-state index contributed by atoms with van der Waals surface area (Å²) >= 11 is 0. The molecule has 186 valence electrons. The maximum absolute atomic E-state index is 13.5. The normalized spacial score (nSPS) is 10.8. The van der Waals surface area contributed by atoms with Crippen molar-refractivity contribution in [2.24, 2.45) is 0 Å². The number of carbonyl (C=O) groups excluding carboxylic acids is 1. The molecule has 0 aliphatic heterocycles. The van der Waals surface area contributed by atoms with E-state index in [2.05, 4.69) is 0 Å². The van der Waals surface area contributed by atoms with Crippen LogP contribution in [0.2, 0.25) is 0 Å². The maximum Gasteiger partial charge on any atom is 0.311 e. The number of para-hydroxylation sites is 1. The molecule has 0 aliphatic rings. The Morgan fingerprint density at radius 3 is 2.39 bits per heavy atom. The molecule has 0 N–H and O–H groups in total. The van der Waals surface area contributed by atoms with E-state index in [0.717, 1.165) is 16.9 Å². The van der Waals surface area contributed by atoms with Crippen LogP contribution in [-0.2, 0) is 4.79 Å². The first-order chi connectivity index (χ1) is 17.4. The Morgan fingerprint density at radius 2 is 1.67 bits per heavy atom. The molecule has 3 aromatic carbocycles. The third-order valence-electron chi connectivity index (χ3n) is 5.68. The zero-order valence-electron chi connectivity index (χ0n) is 20.8. The molecule has 0 fully saturated rings. The fraction of sp³-hybridized carbons (Fsp3) is 0.241. The lowest BCUT2D eigenvalue weighted by molar-refractivity contribution is -0.134. The van der Waals surface area contributed by atoms with E-state index in [-0.39, 0.29) is 17.9 Å². The molecule has 0 saturated carbocycles. The summed E-state index contributed by atoms with van der Waals surface area (Å²) in [6.07, 6.45) is 0.499. The van der Waals surface area contributed by atoms with E-state index in [0.29, 0.717) is 41.1 Å². The summed E-state index contributed by atoms with van der Waals surface area (Å²) in [7, 11) is 3.05. The van der Waals surface area contributed by atoms with E-state index in [1.807, 2.05) is 50.2 Å². The van der Waals surface area contributed by atoms with Crippen molar-refractivity contribution in [3.8, 4) is 34.3 Å². The van der Waals surface area contributed by atoms with Gasteiger partial charge in [0.1, 0.15) is 11.3 Å². The van der Waals surface area contributed by atoms with E-state index in [1.165, 1.54) is 14.2 Å². The number of hydrogen-bond acceptors (Lipinski definition) is 7. The summed E-state index contributed by atoms with van der Waals surface area (Å²) < 4.78 is 28.2. The number of esters is 1. The topological polar surface area (TPSA) is 84.2 Å². The Morgan fingerprint density at radius 1 is 0.917 bits per heavy atom. The second-order valence-electron chi connectivity index (χ2n) is 8.36. The zero-order valence-corrected chi connectivity index (χ0v) is 20.8. The van der Waals surface area contributed by atoms with Crippen LogP contribution in [0, 0.1) is 13.8 Å². The summed E-state index contributed by atoms with van der Waals surface area (Å²) in [6.45, 7) is 4.11. The maximum atomic E-state index is 13.5. The molecule has 1 heterocycles. The highest BCUT2D eigenvalue weighted by molar-refractivity contribution is 5.87. The highest BCUT2D eigenvalue weighted by Gasteiger charge is 2.22.